The molecule has 4 nitrogen and oxygen atoms in total. The van der Waals surface area contributed by atoms with Crippen molar-refractivity contribution in [2.75, 3.05) is 6.54 Å². The van der Waals surface area contributed by atoms with Crippen LogP contribution in [-0.4, -0.2) is 17.6 Å². The Kier molecular flexibility index (Phi) is 1.88. The summed E-state index contributed by atoms with van der Waals surface area (Å²) in [5.74, 6) is 0. The lowest BCUT2D eigenvalue weighted by molar-refractivity contribution is 0.139. The lowest BCUT2D eigenvalue weighted by Crippen LogP contribution is -2.12. The van der Waals surface area contributed by atoms with E-state index < -0.39 is 0 Å². The standard InChI is InChI=1S/C9H10N2O2/c1-6-3-2-4-10-8(6)7-5-11-9(12)13-7/h2-4,7H,5H2,1H3,(H,11,12). The van der Waals surface area contributed by atoms with Gasteiger partial charge in [0.25, 0.3) is 0 Å². The number of amides is 1. The van der Waals surface area contributed by atoms with Crippen LogP contribution in [0.1, 0.15) is 17.4 Å². The first-order chi connectivity index (χ1) is 6.27. The maximum Gasteiger partial charge on any atom is 0.408 e. The average Bonchev–Trinajstić information content (AvgIpc) is 2.53. The molecule has 2 heterocycles. The van der Waals surface area contributed by atoms with Gasteiger partial charge in [0.05, 0.1) is 12.2 Å². The molecule has 1 aromatic rings. The maximum absolute atomic E-state index is 10.8. The van der Waals surface area contributed by atoms with Crippen molar-refractivity contribution >= 4 is 6.09 Å². The number of hydrogen-bond donors (Lipinski definition) is 1. The number of nitrogens with zero attached hydrogens (tertiary/aromatic N) is 1. The minimum atomic E-state index is -0.366. The lowest BCUT2D eigenvalue weighted by Gasteiger charge is -2.08. The molecule has 1 aromatic heterocycles. The van der Waals surface area contributed by atoms with Crippen molar-refractivity contribution in [3.8, 4) is 0 Å². The third-order valence-electron chi connectivity index (χ3n) is 2.04. The topological polar surface area (TPSA) is 51.2 Å². The molecule has 1 saturated heterocycles. The van der Waals surface area contributed by atoms with Crippen LogP contribution in [0.4, 0.5) is 4.79 Å². The molecule has 4 heteroatoms. The molecule has 0 aromatic carbocycles. The number of cyclic esters (lactones) is 1. The second kappa shape index (κ2) is 3.05. The zero-order valence-corrected chi connectivity index (χ0v) is 7.28. The van der Waals surface area contributed by atoms with Crippen molar-refractivity contribution in [2.45, 2.75) is 13.0 Å². The maximum atomic E-state index is 10.8. The van der Waals surface area contributed by atoms with Gasteiger partial charge in [-0.25, -0.2) is 4.79 Å². The highest BCUT2D eigenvalue weighted by atomic mass is 16.6. The van der Waals surface area contributed by atoms with Gasteiger partial charge >= 0.3 is 6.09 Å². The molecule has 68 valence electrons. The summed E-state index contributed by atoms with van der Waals surface area (Å²) >= 11 is 0. The van der Waals surface area contributed by atoms with E-state index in [-0.39, 0.29) is 12.2 Å². The Morgan fingerprint density at radius 3 is 3.15 bits per heavy atom. The number of carbonyl (C=O) groups is 1. The quantitative estimate of drug-likeness (QED) is 0.702. The van der Waals surface area contributed by atoms with Crippen molar-refractivity contribution in [3.05, 3.63) is 29.6 Å². The number of rotatable bonds is 1. The first-order valence-corrected chi connectivity index (χ1v) is 4.13. The van der Waals surface area contributed by atoms with E-state index in [1.54, 1.807) is 6.20 Å². The number of alkyl carbamates (subject to hydrolysis) is 1. The highest BCUT2D eigenvalue weighted by Gasteiger charge is 2.26. The molecule has 1 N–H and O–H groups in total. The fourth-order valence-electron chi connectivity index (χ4n) is 1.38. The van der Waals surface area contributed by atoms with Crippen LogP contribution in [0.15, 0.2) is 18.3 Å². The second-order valence-electron chi connectivity index (χ2n) is 2.98. The molecule has 0 saturated carbocycles. The molecule has 1 aliphatic rings. The number of carbonyl (C=O) groups excluding carboxylic acids is 1. The monoisotopic (exact) mass is 178 g/mol. The minimum absolute atomic E-state index is 0.228. The molecule has 1 aliphatic heterocycles. The summed E-state index contributed by atoms with van der Waals surface area (Å²) < 4.78 is 5.02. The zero-order valence-electron chi connectivity index (χ0n) is 7.28. The van der Waals surface area contributed by atoms with Crippen LogP contribution in [0, 0.1) is 6.92 Å². The van der Waals surface area contributed by atoms with Gasteiger partial charge in [0.2, 0.25) is 0 Å². The molecule has 1 unspecified atom stereocenters. The van der Waals surface area contributed by atoms with Gasteiger partial charge in [0.1, 0.15) is 0 Å². The van der Waals surface area contributed by atoms with E-state index in [9.17, 15) is 4.79 Å². The van der Waals surface area contributed by atoms with E-state index >= 15 is 0 Å². The fraction of sp³-hybridized carbons (Fsp3) is 0.333. The van der Waals surface area contributed by atoms with Gasteiger partial charge in [-0.3, -0.25) is 4.98 Å². The van der Waals surface area contributed by atoms with Crippen LogP contribution in [0.2, 0.25) is 0 Å². The van der Waals surface area contributed by atoms with E-state index in [0.717, 1.165) is 11.3 Å². The van der Waals surface area contributed by atoms with E-state index in [0.29, 0.717) is 6.54 Å². The molecule has 0 spiro atoms. The van der Waals surface area contributed by atoms with E-state index in [1.165, 1.54) is 0 Å². The second-order valence-corrected chi connectivity index (χ2v) is 2.98. The Bertz CT molecular complexity index is 338. The van der Waals surface area contributed by atoms with Gasteiger partial charge in [-0.05, 0) is 18.6 Å². The Morgan fingerprint density at radius 1 is 1.69 bits per heavy atom. The Balaban J connectivity index is 2.26. The van der Waals surface area contributed by atoms with Crippen molar-refractivity contribution in [1.82, 2.24) is 10.3 Å². The summed E-state index contributed by atoms with van der Waals surface area (Å²) in [6, 6.07) is 3.82. The number of hydrogen-bond acceptors (Lipinski definition) is 3. The summed E-state index contributed by atoms with van der Waals surface area (Å²) in [5.41, 5.74) is 1.88. The third-order valence-corrected chi connectivity index (χ3v) is 2.04. The van der Waals surface area contributed by atoms with Crippen LogP contribution >= 0.6 is 0 Å². The normalized spacial score (nSPS) is 21.0. The van der Waals surface area contributed by atoms with Crippen molar-refractivity contribution in [2.24, 2.45) is 0 Å². The van der Waals surface area contributed by atoms with Crippen LogP contribution in [-0.2, 0) is 4.74 Å². The van der Waals surface area contributed by atoms with Gasteiger partial charge in [0, 0.05) is 6.20 Å². The number of aryl methyl sites for hydroxylation is 1. The molecule has 0 aliphatic carbocycles. The van der Waals surface area contributed by atoms with Gasteiger partial charge in [0.15, 0.2) is 6.10 Å². The highest BCUT2D eigenvalue weighted by Crippen LogP contribution is 2.21. The molecular weight excluding hydrogens is 168 g/mol. The van der Waals surface area contributed by atoms with E-state index in [4.69, 9.17) is 4.74 Å². The van der Waals surface area contributed by atoms with Gasteiger partial charge < -0.3 is 10.1 Å². The van der Waals surface area contributed by atoms with Crippen LogP contribution in [0.5, 0.6) is 0 Å². The molecule has 2 rings (SSSR count). The minimum Gasteiger partial charge on any atom is -0.438 e. The number of ether oxygens (including phenoxy) is 1. The molecule has 0 bridgehead atoms. The lowest BCUT2D eigenvalue weighted by atomic mass is 10.1. The summed E-state index contributed by atoms with van der Waals surface area (Å²) in [6.45, 7) is 2.46. The van der Waals surface area contributed by atoms with E-state index in [1.807, 2.05) is 19.1 Å². The van der Waals surface area contributed by atoms with Crippen molar-refractivity contribution < 1.29 is 9.53 Å². The molecular formula is C9H10N2O2. The number of pyridine rings is 1. The number of nitrogens with one attached hydrogen (secondary N) is 1. The molecule has 1 atom stereocenters. The molecule has 1 amide bonds. The number of aromatic nitrogens is 1. The SMILES string of the molecule is Cc1cccnc1C1CNC(=O)O1. The summed E-state index contributed by atoms with van der Waals surface area (Å²) in [7, 11) is 0. The van der Waals surface area contributed by atoms with Crippen LogP contribution < -0.4 is 5.32 Å². The molecule has 13 heavy (non-hydrogen) atoms. The van der Waals surface area contributed by atoms with Crippen LogP contribution in [0.3, 0.4) is 0 Å². The van der Waals surface area contributed by atoms with Crippen LogP contribution in [0.25, 0.3) is 0 Å². The average molecular weight is 178 g/mol. The zero-order chi connectivity index (χ0) is 9.26. The predicted molar refractivity (Wildman–Crippen MR) is 46.2 cm³/mol. The van der Waals surface area contributed by atoms with Gasteiger partial charge in [-0.15, -0.1) is 0 Å². The Hall–Kier alpha value is -1.58. The summed E-state index contributed by atoms with van der Waals surface area (Å²) in [4.78, 5) is 15.0. The first-order valence-electron chi connectivity index (χ1n) is 4.13. The predicted octanol–water partition coefficient (Wildman–Crippen LogP) is 1.17. The smallest absolute Gasteiger partial charge is 0.408 e. The fourth-order valence-corrected chi connectivity index (χ4v) is 1.38. The van der Waals surface area contributed by atoms with Gasteiger partial charge in [-0.2, -0.15) is 0 Å². The summed E-state index contributed by atoms with van der Waals surface area (Å²) in [6.07, 6.45) is 1.11. The molecule has 1 fully saturated rings. The largest absolute Gasteiger partial charge is 0.438 e. The van der Waals surface area contributed by atoms with Crippen molar-refractivity contribution in [1.29, 1.82) is 0 Å². The Morgan fingerprint density at radius 2 is 2.54 bits per heavy atom. The van der Waals surface area contributed by atoms with Gasteiger partial charge in [-0.1, -0.05) is 6.07 Å². The first kappa shape index (κ1) is 8.04. The Labute approximate surface area is 75.9 Å². The van der Waals surface area contributed by atoms with E-state index in [2.05, 4.69) is 10.3 Å². The summed E-state index contributed by atoms with van der Waals surface area (Å²) in [5, 5.41) is 2.59. The highest BCUT2D eigenvalue weighted by molar-refractivity contribution is 5.69. The molecule has 0 radical (unpaired) electrons. The third kappa shape index (κ3) is 1.47. The van der Waals surface area contributed by atoms with Crippen molar-refractivity contribution in [3.63, 3.8) is 0 Å².